The Hall–Kier alpha value is -2.09. The topological polar surface area (TPSA) is 26.3 Å². The van der Waals surface area contributed by atoms with Crippen LogP contribution < -0.4 is 0 Å². The summed E-state index contributed by atoms with van der Waals surface area (Å²) in [5.41, 5.74) is 2.42. The van der Waals surface area contributed by atoms with Crippen molar-refractivity contribution in [3.8, 4) is 0 Å². The van der Waals surface area contributed by atoms with Crippen LogP contribution in [0.1, 0.15) is 56.3 Å². The second-order valence-corrected chi connectivity index (χ2v) is 5.87. The molecule has 0 bridgehead atoms. The van der Waals surface area contributed by atoms with Crippen molar-refractivity contribution in [3.63, 3.8) is 0 Å². The van der Waals surface area contributed by atoms with Gasteiger partial charge >= 0.3 is 5.97 Å². The number of carbonyl (C=O) groups is 1. The molecule has 2 rings (SSSR count). The van der Waals surface area contributed by atoms with Crippen molar-refractivity contribution in [2.45, 2.75) is 51.6 Å². The van der Waals surface area contributed by atoms with E-state index in [0.717, 1.165) is 37.7 Å². The molecule has 1 unspecified atom stereocenters. The summed E-state index contributed by atoms with van der Waals surface area (Å²) in [6.45, 7) is 2.09. The molecule has 1 atom stereocenters. The maximum absolute atomic E-state index is 12.0. The van der Waals surface area contributed by atoms with Crippen molar-refractivity contribution >= 4 is 5.97 Å². The Morgan fingerprint density at radius 1 is 0.957 bits per heavy atom. The van der Waals surface area contributed by atoms with Crippen molar-refractivity contribution in [1.29, 1.82) is 0 Å². The largest absolute Gasteiger partial charge is 0.457 e. The van der Waals surface area contributed by atoms with Gasteiger partial charge in [0.2, 0.25) is 0 Å². The van der Waals surface area contributed by atoms with E-state index in [4.69, 9.17) is 4.74 Å². The number of hydrogen-bond acceptors (Lipinski definition) is 2. The van der Waals surface area contributed by atoms with Crippen molar-refractivity contribution in [2.75, 3.05) is 0 Å². The number of hydrogen-bond donors (Lipinski definition) is 0. The van der Waals surface area contributed by atoms with Gasteiger partial charge in [-0.3, -0.25) is 4.79 Å². The van der Waals surface area contributed by atoms with Crippen molar-refractivity contribution in [2.24, 2.45) is 0 Å². The number of unbranched alkanes of at least 4 members (excludes halogenated alkanes) is 1. The molecule has 2 nitrogen and oxygen atoms in total. The van der Waals surface area contributed by atoms with Crippen LogP contribution in [0.5, 0.6) is 0 Å². The van der Waals surface area contributed by atoms with Gasteiger partial charge in [0.1, 0.15) is 6.10 Å². The van der Waals surface area contributed by atoms with Gasteiger partial charge in [-0.15, -0.1) is 0 Å². The standard InChI is InChI=1S/C21H26O2/c1-2-3-17-21(22)23-20(19-14-8-5-9-15-19)16-10-13-18-11-6-4-7-12-18/h4-9,11-12,14-15,20H,2-3,10,13,16-17H2,1H3. The number of aryl methyl sites for hydroxylation is 1. The predicted octanol–water partition coefficient (Wildman–Crippen LogP) is 5.48. The average Bonchev–Trinajstić information content (AvgIpc) is 2.61. The highest BCUT2D eigenvalue weighted by Crippen LogP contribution is 2.24. The number of ether oxygens (including phenoxy) is 1. The molecular weight excluding hydrogens is 284 g/mol. The van der Waals surface area contributed by atoms with Crippen LogP contribution >= 0.6 is 0 Å². The minimum atomic E-state index is -0.135. The fourth-order valence-electron chi connectivity index (χ4n) is 2.64. The average molecular weight is 310 g/mol. The Balaban J connectivity index is 1.92. The van der Waals surface area contributed by atoms with E-state index in [9.17, 15) is 4.79 Å². The molecule has 0 fully saturated rings. The maximum atomic E-state index is 12.0. The molecule has 0 heterocycles. The SMILES string of the molecule is CCCCC(=O)OC(CCCc1ccccc1)c1ccccc1. The van der Waals surface area contributed by atoms with Gasteiger partial charge in [0.25, 0.3) is 0 Å². The van der Waals surface area contributed by atoms with E-state index in [1.165, 1.54) is 5.56 Å². The van der Waals surface area contributed by atoms with E-state index in [0.29, 0.717) is 6.42 Å². The maximum Gasteiger partial charge on any atom is 0.306 e. The van der Waals surface area contributed by atoms with E-state index in [1.54, 1.807) is 0 Å². The van der Waals surface area contributed by atoms with Gasteiger partial charge in [-0.25, -0.2) is 0 Å². The molecule has 2 heteroatoms. The lowest BCUT2D eigenvalue weighted by molar-refractivity contribution is -0.150. The second-order valence-electron chi connectivity index (χ2n) is 5.87. The summed E-state index contributed by atoms with van der Waals surface area (Å²) in [5, 5.41) is 0. The van der Waals surface area contributed by atoms with Crippen LogP contribution in [0.3, 0.4) is 0 Å². The van der Waals surface area contributed by atoms with Crippen molar-refractivity contribution < 1.29 is 9.53 Å². The third kappa shape index (κ3) is 6.27. The molecule has 0 saturated heterocycles. The summed E-state index contributed by atoms with van der Waals surface area (Å²) in [4.78, 5) is 12.0. The highest BCUT2D eigenvalue weighted by atomic mass is 16.5. The fourth-order valence-corrected chi connectivity index (χ4v) is 2.64. The first kappa shape index (κ1) is 17.3. The van der Waals surface area contributed by atoms with Crippen LogP contribution in [-0.2, 0) is 16.0 Å². The van der Waals surface area contributed by atoms with E-state index in [2.05, 4.69) is 31.2 Å². The molecule has 23 heavy (non-hydrogen) atoms. The summed E-state index contributed by atoms with van der Waals surface area (Å²) >= 11 is 0. The molecular formula is C21H26O2. The molecule has 0 saturated carbocycles. The number of benzene rings is 2. The molecule has 0 spiro atoms. The van der Waals surface area contributed by atoms with E-state index in [1.807, 2.05) is 36.4 Å². The molecule has 0 amide bonds. The third-order valence-electron chi connectivity index (χ3n) is 3.95. The Kier molecular flexibility index (Phi) is 7.38. The van der Waals surface area contributed by atoms with Gasteiger partial charge in [0.05, 0.1) is 0 Å². The molecule has 2 aromatic rings. The molecule has 0 aliphatic heterocycles. The Bertz CT molecular complexity index is 563. The zero-order valence-electron chi connectivity index (χ0n) is 13.9. The number of rotatable bonds is 9. The van der Waals surface area contributed by atoms with Crippen molar-refractivity contribution in [1.82, 2.24) is 0 Å². The number of carbonyl (C=O) groups excluding carboxylic acids is 1. The highest BCUT2D eigenvalue weighted by Gasteiger charge is 2.16. The first-order valence-electron chi connectivity index (χ1n) is 8.58. The van der Waals surface area contributed by atoms with Crippen molar-refractivity contribution in [3.05, 3.63) is 71.8 Å². The Morgan fingerprint density at radius 2 is 1.61 bits per heavy atom. The third-order valence-corrected chi connectivity index (χ3v) is 3.95. The Morgan fingerprint density at radius 3 is 2.26 bits per heavy atom. The molecule has 0 aliphatic carbocycles. The van der Waals surface area contributed by atoms with Crippen LogP contribution in [0.4, 0.5) is 0 Å². The second kappa shape index (κ2) is 9.83. The minimum Gasteiger partial charge on any atom is -0.457 e. The monoisotopic (exact) mass is 310 g/mol. The van der Waals surface area contributed by atoms with Gasteiger partial charge < -0.3 is 4.74 Å². The van der Waals surface area contributed by atoms with Gasteiger partial charge in [0, 0.05) is 6.42 Å². The first-order chi connectivity index (χ1) is 11.3. The lowest BCUT2D eigenvalue weighted by atomic mass is 10.0. The summed E-state index contributed by atoms with van der Waals surface area (Å²) in [7, 11) is 0. The lowest BCUT2D eigenvalue weighted by Gasteiger charge is -2.18. The molecule has 122 valence electrons. The van der Waals surface area contributed by atoms with Crippen LogP contribution in [0.25, 0.3) is 0 Å². The predicted molar refractivity (Wildman–Crippen MR) is 94.2 cm³/mol. The van der Waals surface area contributed by atoms with E-state index in [-0.39, 0.29) is 12.1 Å². The summed E-state index contributed by atoms with van der Waals surface area (Å²) < 4.78 is 5.74. The molecule has 0 radical (unpaired) electrons. The quantitative estimate of drug-likeness (QED) is 0.573. The van der Waals surface area contributed by atoms with Gasteiger partial charge in [-0.2, -0.15) is 0 Å². The smallest absolute Gasteiger partial charge is 0.306 e. The molecule has 0 N–H and O–H groups in total. The first-order valence-corrected chi connectivity index (χ1v) is 8.58. The summed E-state index contributed by atoms with van der Waals surface area (Å²) in [6.07, 6.45) is 5.16. The van der Waals surface area contributed by atoms with Gasteiger partial charge in [-0.05, 0) is 36.8 Å². The van der Waals surface area contributed by atoms with Crippen LogP contribution in [0.15, 0.2) is 60.7 Å². The normalized spacial score (nSPS) is 11.9. The zero-order valence-corrected chi connectivity index (χ0v) is 13.9. The van der Waals surface area contributed by atoms with Gasteiger partial charge in [0.15, 0.2) is 0 Å². The minimum absolute atomic E-state index is 0.0829. The molecule has 0 aliphatic rings. The molecule has 0 aromatic heterocycles. The Labute approximate surface area is 139 Å². The van der Waals surface area contributed by atoms with Crippen LogP contribution in [0.2, 0.25) is 0 Å². The fraction of sp³-hybridized carbons (Fsp3) is 0.381. The number of esters is 1. The molecule has 2 aromatic carbocycles. The highest BCUT2D eigenvalue weighted by molar-refractivity contribution is 5.69. The van der Waals surface area contributed by atoms with E-state index < -0.39 is 0 Å². The van der Waals surface area contributed by atoms with E-state index >= 15 is 0 Å². The zero-order chi connectivity index (χ0) is 16.3. The van der Waals surface area contributed by atoms with Gasteiger partial charge in [-0.1, -0.05) is 74.0 Å². The summed E-state index contributed by atoms with van der Waals surface area (Å²) in [6, 6.07) is 20.5. The van der Waals surface area contributed by atoms with Crippen LogP contribution in [-0.4, -0.2) is 5.97 Å². The summed E-state index contributed by atoms with van der Waals surface area (Å²) in [5.74, 6) is -0.0829. The lowest BCUT2D eigenvalue weighted by Crippen LogP contribution is -2.11. The van der Waals surface area contributed by atoms with Crippen LogP contribution in [0, 0.1) is 0 Å².